The number of amides is 3. The van der Waals surface area contributed by atoms with Crippen LogP contribution in [0.15, 0.2) is 30.3 Å². The largest absolute Gasteiger partial charge is 0.480 e. The van der Waals surface area contributed by atoms with Gasteiger partial charge < -0.3 is 37.0 Å². The van der Waals surface area contributed by atoms with Gasteiger partial charge in [-0.15, -0.1) is 0 Å². The normalized spacial score (nSPS) is 15.7. The highest BCUT2D eigenvalue weighted by Gasteiger charge is 2.33. The molecule has 1 aromatic carbocycles. The molecule has 0 heterocycles. The fraction of sp³-hybridized carbons (Fsp3) is 0.524. The molecule has 1 rings (SSSR count). The van der Waals surface area contributed by atoms with E-state index in [0.717, 1.165) is 5.56 Å². The average molecular weight is 453 g/mol. The Morgan fingerprint density at radius 2 is 1.44 bits per heavy atom. The molecule has 11 nitrogen and oxygen atoms in total. The van der Waals surface area contributed by atoms with Gasteiger partial charge in [0.1, 0.15) is 18.1 Å². The molecule has 32 heavy (non-hydrogen) atoms. The van der Waals surface area contributed by atoms with Crippen molar-refractivity contribution in [2.45, 2.75) is 57.5 Å². The maximum absolute atomic E-state index is 12.8. The fourth-order valence-electron chi connectivity index (χ4n) is 2.85. The number of aliphatic hydroxyl groups excluding tert-OH is 2. The first kappa shape index (κ1) is 27.0. The minimum atomic E-state index is -1.60. The summed E-state index contributed by atoms with van der Waals surface area (Å²) in [6.45, 7) is 3.72. The van der Waals surface area contributed by atoms with Gasteiger partial charge in [0.25, 0.3) is 0 Å². The molecule has 11 heteroatoms. The summed E-state index contributed by atoms with van der Waals surface area (Å²) in [7, 11) is 0. The molecule has 0 saturated heterocycles. The van der Waals surface area contributed by atoms with Crippen LogP contribution in [0.1, 0.15) is 26.3 Å². The highest BCUT2D eigenvalue weighted by molar-refractivity contribution is 5.94. The van der Waals surface area contributed by atoms with Crippen molar-refractivity contribution >= 4 is 23.7 Å². The van der Waals surface area contributed by atoms with Gasteiger partial charge >= 0.3 is 5.97 Å². The average Bonchev–Trinajstić information content (AvgIpc) is 2.73. The summed E-state index contributed by atoms with van der Waals surface area (Å²) in [4.78, 5) is 48.7. The molecular formula is C21H32N4O7. The quantitative estimate of drug-likeness (QED) is 0.192. The topological polar surface area (TPSA) is 191 Å². The van der Waals surface area contributed by atoms with Crippen molar-refractivity contribution < 1.29 is 34.5 Å². The molecule has 0 aliphatic heterocycles. The molecule has 0 bridgehead atoms. The molecule has 0 fully saturated rings. The lowest BCUT2D eigenvalue weighted by Crippen LogP contribution is -2.61. The van der Waals surface area contributed by atoms with Crippen molar-refractivity contribution in [1.29, 1.82) is 0 Å². The van der Waals surface area contributed by atoms with Gasteiger partial charge in [0.05, 0.1) is 18.8 Å². The Balaban J connectivity index is 2.85. The predicted octanol–water partition coefficient (Wildman–Crippen LogP) is -1.88. The van der Waals surface area contributed by atoms with E-state index in [9.17, 15) is 24.3 Å². The zero-order chi connectivity index (χ0) is 24.4. The summed E-state index contributed by atoms with van der Waals surface area (Å²) in [5.41, 5.74) is 6.82. The van der Waals surface area contributed by atoms with E-state index in [1.165, 1.54) is 6.92 Å². The summed E-state index contributed by atoms with van der Waals surface area (Å²) in [6, 6.07) is 4.03. The molecule has 0 aliphatic carbocycles. The van der Waals surface area contributed by atoms with Crippen LogP contribution in [0.5, 0.6) is 0 Å². The van der Waals surface area contributed by atoms with Gasteiger partial charge in [0, 0.05) is 0 Å². The standard InChI is InChI=1S/C21H32N4O7/c1-11(2)16(24-18(28)14(22)9-13-7-5-4-6-8-13)19(29)25-17(12(3)27)20(30)23-15(10-26)21(31)32/h4-8,11-12,14-17,26-27H,9-10,22H2,1-3H3,(H,23,30)(H,24,28)(H,25,29)(H,31,32). The first-order valence-corrected chi connectivity index (χ1v) is 10.2. The van der Waals surface area contributed by atoms with Crippen molar-refractivity contribution in [2.75, 3.05) is 6.61 Å². The number of carbonyl (C=O) groups is 4. The van der Waals surface area contributed by atoms with Crippen LogP contribution in [0.4, 0.5) is 0 Å². The molecule has 0 aromatic heterocycles. The third-order valence-electron chi connectivity index (χ3n) is 4.74. The zero-order valence-corrected chi connectivity index (χ0v) is 18.3. The van der Waals surface area contributed by atoms with Gasteiger partial charge in [0.15, 0.2) is 0 Å². The lowest BCUT2D eigenvalue weighted by Gasteiger charge is -2.28. The summed E-state index contributed by atoms with van der Waals surface area (Å²) in [5.74, 6) is -4.17. The van der Waals surface area contributed by atoms with E-state index in [4.69, 9.17) is 15.9 Å². The number of carboxylic acid groups (broad SMARTS) is 1. The number of hydrogen-bond donors (Lipinski definition) is 7. The van der Waals surface area contributed by atoms with Crippen LogP contribution in [-0.2, 0) is 25.6 Å². The lowest BCUT2D eigenvalue weighted by atomic mass is 10.0. The Bertz CT molecular complexity index is 786. The summed E-state index contributed by atoms with van der Waals surface area (Å²) in [6.07, 6.45) is -1.12. The third-order valence-corrected chi connectivity index (χ3v) is 4.74. The van der Waals surface area contributed by atoms with Crippen LogP contribution in [0.25, 0.3) is 0 Å². The number of benzene rings is 1. The van der Waals surface area contributed by atoms with Crippen LogP contribution < -0.4 is 21.7 Å². The van der Waals surface area contributed by atoms with Crippen LogP contribution in [0.2, 0.25) is 0 Å². The Hall–Kier alpha value is -3.02. The van der Waals surface area contributed by atoms with Crippen molar-refractivity contribution in [3.05, 3.63) is 35.9 Å². The molecule has 0 spiro atoms. The van der Waals surface area contributed by atoms with Gasteiger partial charge in [-0.25, -0.2) is 4.79 Å². The Kier molecular flexibility index (Phi) is 10.8. The molecule has 178 valence electrons. The van der Waals surface area contributed by atoms with Crippen LogP contribution in [0, 0.1) is 5.92 Å². The molecule has 0 radical (unpaired) electrons. The highest BCUT2D eigenvalue weighted by atomic mass is 16.4. The predicted molar refractivity (Wildman–Crippen MR) is 115 cm³/mol. The van der Waals surface area contributed by atoms with Crippen LogP contribution in [0.3, 0.4) is 0 Å². The molecule has 5 unspecified atom stereocenters. The van der Waals surface area contributed by atoms with Gasteiger partial charge in [-0.3, -0.25) is 14.4 Å². The van der Waals surface area contributed by atoms with Gasteiger partial charge in [-0.05, 0) is 24.8 Å². The SMILES string of the molecule is CC(C)C(NC(=O)C(N)Cc1ccccc1)C(=O)NC(C(=O)NC(CO)C(=O)O)C(C)O. The number of carboxylic acids is 1. The van der Waals surface area contributed by atoms with Gasteiger partial charge in [-0.2, -0.15) is 0 Å². The number of hydrogen-bond acceptors (Lipinski definition) is 7. The van der Waals surface area contributed by atoms with Crippen molar-refractivity contribution in [1.82, 2.24) is 16.0 Å². The molecule has 0 aliphatic rings. The second-order valence-electron chi connectivity index (χ2n) is 7.84. The fourth-order valence-corrected chi connectivity index (χ4v) is 2.85. The Morgan fingerprint density at radius 3 is 1.91 bits per heavy atom. The van der Waals surface area contributed by atoms with Crippen LogP contribution >= 0.6 is 0 Å². The van der Waals surface area contributed by atoms with E-state index >= 15 is 0 Å². The minimum Gasteiger partial charge on any atom is -0.480 e. The van der Waals surface area contributed by atoms with E-state index in [1.807, 2.05) is 35.6 Å². The summed E-state index contributed by atoms with van der Waals surface area (Å²) >= 11 is 0. The summed E-state index contributed by atoms with van der Waals surface area (Å²) < 4.78 is 0. The maximum atomic E-state index is 12.8. The smallest absolute Gasteiger partial charge is 0.328 e. The molecular weight excluding hydrogens is 420 g/mol. The minimum absolute atomic E-state index is 0.259. The maximum Gasteiger partial charge on any atom is 0.328 e. The van der Waals surface area contributed by atoms with E-state index in [-0.39, 0.29) is 12.3 Å². The van der Waals surface area contributed by atoms with E-state index in [1.54, 1.807) is 13.8 Å². The molecule has 8 N–H and O–H groups in total. The van der Waals surface area contributed by atoms with E-state index in [2.05, 4.69) is 10.6 Å². The number of nitrogens with two attached hydrogens (primary N) is 1. The number of nitrogens with one attached hydrogen (secondary N) is 3. The second-order valence-corrected chi connectivity index (χ2v) is 7.84. The van der Waals surface area contributed by atoms with E-state index in [0.29, 0.717) is 0 Å². The highest BCUT2D eigenvalue weighted by Crippen LogP contribution is 2.07. The summed E-state index contributed by atoms with van der Waals surface area (Å²) in [5, 5.41) is 34.9. The van der Waals surface area contributed by atoms with Crippen molar-refractivity contribution in [2.24, 2.45) is 11.7 Å². The Labute approximate surface area is 186 Å². The number of rotatable bonds is 12. The Morgan fingerprint density at radius 1 is 0.906 bits per heavy atom. The molecule has 5 atom stereocenters. The van der Waals surface area contributed by atoms with Crippen LogP contribution in [-0.4, -0.2) is 75.9 Å². The van der Waals surface area contributed by atoms with Crippen molar-refractivity contribution in [3.63, 3.8) is 0 Å². The monoisotopic (exact) mass is 452 g/mol. The van der Waals surface area contributed by atoms with Gasteiger partial charge in [0.2, 0.25) is 17.7 Å². The number of aliphatic carboxylic acids is 1. The van der Waals surface area contributed by atoms with E-state index < -0.39 is 60.6 Å². The lowest BCUT2D eigenvalue weighted by molar-refractivity contribution is -0.144. The third kappa shape index (κ3) is 8.25. The first-order chi connectivity index (χ1) is 15.0. The number of aliphatic hydroxyl groups is 2. The molecule has 0 saturated carbocycles. The zero-order valence-electron chi connectivity index (χ0n) is 18.3. The first-order valence-electron chi connectivity index (χ1n) is 10.2. The molecule has 1 aromatic rings. The molecule has 3 amide bonds. The number of carbonyl (C=O) groups excluding carboxylic acids is 3. The van der Waals surface area contributed by atoms with Crippen molar-refractivity contribution in [3.8, 4) is 0 Å². The van der Waals surface area contributed by atoms with Gasteiger partial charge in [-0.1, -0.05) is 44.2 Å². The second kappa shape index (κ2) is 12.7.